The van der Waals surface area contributed by atoms with Crippen molar-refractivity contribution in [1.82, 2.24) is 15.1 Å². The lowest BCUT2D eigenvalue weighted by Gasteiger charge is -2.35. The van der Waals surface area contributed by atoms with E-state index in [9.17, 15) is 0 Å². The molecule has 0 aromatic heterocycles. The molecule has 0 bridgehead atoms. The van der Waals surface area contributed by atoms with Crippen LogP contribution in [0, 0.1) is 5.41 Å². The molecule has 2 unspecified atom stereocenters. The van der Waals surface area contributed by atoms with Gasteiger partial charge in [0, 0.05) is 44.8 Å². The Morgan fingerprint density at radius 2 is 1.95 bits per heavy atom. The molecule has 4 nitrogen and oxygen atoms in total. The Morgan fingerprint density at radius 1 is 1.24 bits per heavy atom. The normalized spacial score (nSPS) is 28.1. The highest BCUT2D eigenvalue weighted by atomic mass is 16.5. The van der Waals surface area contributed by atoms with Gasteiger partial charge in [-0.1, -0.05) is 27.7 Å². The molecule has 2 saturated heterocycles. The average molecular weight is 297 g/mol. The number of ether oxygens (including phenoxy) is 1. The molecule has 0 amide bonds. The summed E-state index contributed by atoms with van der Waals surface area (Å²) in [5.74, 6) is 0. The molecule has 0 aromatic rings. The Balaban J connectivity index is 1.79. The molecule has 2 rings (SSSR count). The minimum absolute atomic E-state index is 0.393. The Kier molecular flexibility index (Phi) is 6.48. The fraction of sp³-hybridized carbons (Fsp3) is 1.00. The van der Waals surface area contributed by atoms with Crippen LogP contribution in [0.1, 0.15) is 40.5 Å². The standard InChI is InChI=1S/C17H35N3O/c1-5-17(4,13-18-15(2)3)14-19-7-6-16(12-19)20-8-10-21-11-9-20/h15-16,18H,5-14H2,1-4H3. The quantitative estimate of drug-likeness (QED) is 0.775. The van der Waals surface area contributed by atoms with Gasteiger partial charge in [0.05, 0.1) is 13.2 Å². The summed E-state index contributed by atoms with van der Waals surface area (Å²) < 4.78 is 5.47. The molecule has 2 atom stereocenters. The topological polar surface area (TPSA) is 27.7 Å². The number of hydrogen-bond acceptors (Lipinski definition) is 4. The number of rotatable bonds is 7. The number of nitrogens with zero attached hydrogens (tertiary/aromatic N) is 2. The maximum atomic E-state index is 5.47. The summed E-state index contributed by atoms with van der Waals surface area (Å²) >= 11 is 0. The highest BCUT2D eigenvalue weighted by Crippen LogP contribution is 2.25. The van der Waals surface area contributed by atoms with Gasteiger partial charge in [0.2, 0.25) is 0 Å². The fourth-order valence-corrected chi connectivity index (χ4v) is 3.48. The maximum Gasteiger partial charge on any atom is 0.0594 e. The van der Waals surface area contributed by atoms with Crippen LogP contribution < -0.4 is 5.32 Å². The van der Waals surface area contributed by atoms with Gasteiger partial charge in [0.1, 0.15) is 0 Å². The van der Waals surface area contributed by atoms with E-state index in [1.807, 2.05) is 0 Å². The van der Waals surface area contributed by atoms with Crippen molar-refractivity contribution in [3.63, 3.8) is 0 Å². The van der Waals surface area contributed by atoms with E-state index >= 15 is 0 Å². The third kappa shape index (κ3) is 5.20. The number of likely N-dealkylation sites (tertiary alicyclic amines) is 1. The third-order valence-corrected chi connectivity index (χ3v) is 5.21. The highest BCUT2D eigenvalue weighted by molar-refractivity contribution is 4.88. The monoisotopic (exact) mass is 297 g/mol. The van der Waals surface area contributed by atoms with Crippen molar-refractivity contribution in [1.29, 1.82) is 0 Å². The van der Waals surface area contributed by atoms with E-state index in [1.54, 1.807) is 0 Å². The largest absolute Gasteiger partial charge is 0.379 e. The molecule has 0 aromatic carbocycles. The summed E-state index contributed by atoms with van der Waals surface area (Å²) in [6.45, 7) is 18.2. The van der Waals surface area contributed by atoms with Gasteiger partial charge in [-0.25, -0.2) is 0 Å². The lowest BCUT2D eigenvalue weighted by Crippen LogP contribution is -2.46. The Labute approximate surface area is 131 Å². The first kappa shape index (κ1) is 17.2. The first-order valence-electron chi connectivity index (χ1n) is 8.80. The number of hydrogen-bond donors (Lipinski definition) is 1. The molecular weight excluding hydrogens is 262 g/mol. The van der Waals surface area contributed by atoms with E-state index in [2.05, 4.69) is 42.8 Å². The average Bonchev–Trinajstić information content (AvgIpc) is 2.94. The van der Waals surface area contributed by atoms with Crippen molar-refractivity contribution in [2.24, 2.45) is 5.41 Å². The lowest BCUT2D eigenvalue weighted by molar-refractivity contribution is 0.0176. The van der Waals surface area contributed by atoms with Gasteiger partial charge >= 0.3 is 0 Å². The smallest absolute Gasteiger partial charge is 0.0594 e. The maximum absolute atomic E-state index is 5.47. The molecule has 21 heavy (non-hydrogen) atoms. The van der Waals surface area contributed by atoms with Crippen LogP contribution in [-0.2, 0) is 4.74 Å². The lowest BCUT2D eigenvalue weighted by atomic mass is 9.86. The van der Waals surface area contributed by atoms with Gasteiger partial charge in [-0.2, -0.15) is 0 Å². The zero-order valence-corrected chi connectivity index (χ0v) is 14.5. The predicted octanol–water partition coefficient (Wildman–Crippen LogP) is 1.81. The van der Waals surface area contributed by atoms with E-state index in [4.69, 9.17) is 4.74 Å². The summed E-state index contributed by atoms with van der Waals surface area (Å²) in [6, 6.07) is 1.34. The Bertz CT molecular complexity index is 304. The third-order valence-electron chi connectivity index (χ3n) is 5.21. The van der Waals surface area contributed by atoms with Crippen LogP contribution in [0.4, 0.5) is 0 Å². The van der Waals surface area contributed by atoms with Gasteiger partial charge in [0.25, 0.3) is 0 Å². The van der Waals surface area contributed by atoms with Crippen LogP contribution in [0.25, 0.3) is 0 Å². The van der Waals surface area contributed by atoms with E-state index in [0.717, 1.165) is 38.9 Å². The van der Waals surface area contributed by atoms with Crippen LogP contribution >= 0.6 is 0 Å². The summed E-state index contributed by atoms with van der Waals surface area (Å²) in [4.78, 5) is 5.32. The van der Waals surface area contributed by atoms with E-state index in [-0.39, 0.29) is 0 Å². The molecule has 2 aliphatic heterocycles. The molecule has 2 fully saturated rings. The Hall–Kier alpha value is -0.160. The molecule has 0 aliphatic carbocycles. The highest BCUT2D eigenvalue weighted by Gasteiger charge is 2.32. The first-order valence-corrected chi connectivity index (χ1v) is 8.80. The van der Waals surface area contributed by atoms with E-state index in [1.165, 1.54) is 32.5 Å². The molecular formula is C17H35N3O. The molecule has 0 spiro atoms. The van der Waals surface area contributed by atoms with Gasteiger partial charge in [0.15, 0.2) is 0 Å². The molecule has 2 aliphatic rings. The summed E-state index contributed by atoms with van der Waals surface area (Å²) in [5.41, 5.74) is 0.393. The fourth-order valence-electron chi connectivity index (χ4n) is 3.48. The second kappa shape index (κ2) is 7.91. The van der Waals surface area contributed by atoms with Crippen LogP contribution in [0.15, 0.2) is 0 Å². The number of nitrogens with one attached hydrogen (secondary N) is 1. The number of morpholine rings is 1. The predicted molar refractivity (Wildman–Crippen MR) is 88.8 cm³/mol. The van der Waals surface area contributed by atoms with Crippen molar-refractivity contribution < 1.29 is 4.74 Å². The van der Waals surface area contributed by atoms with Gasteiger partial charge in [-0.3, -0.25) is 4.90 Å². The molecule has 0 saturated carbocycles. The first-order chi connectivity index (χ1) is 10.0. The molecule has 4 heteroatoms. The molecule has 2 heterocycles. The molecule has 124 valence electrons. The molecule has 1 N–H and O–H groups in total. The van der Waals surface area contributed by atoms with Crippen molar-refractivity contribution in [2.45, 2.75) is 52.6 Å². The van der Waals surface area contributed by atoms with Crippen molar-refractivity contribution in [3.05, 3.63) is 0 Å². The van der Waals surface area contributed by atoms with E-state index in [0.29, 0.717) is 11.5 Å². The van der Waals surface area contributed by atoms with Gasteiger partial charge in [-0.05, 0) is 24.8 Å². The van der Waals surface area contributed by atoms with Gasteiger partial charge < -0.3 is 15.0 Å². The second-order valence-electron chi connectivity index (χ2n) is 7.53. The van der Waals surface area contributed by atoms with Crippen molar-refractivity contribution in [3.8, 4) is 0 Å². The summed E-state index contributed by atoms with van der Waals surface area (Å²) in [7, 11) is 0. The van der Waals surface area contributed by atoms with Crippen molar-refractivity contribution >= 4 is 0 Å². The minimum atomic E-state index is 0.393. The van der Waals surface area contributed by atoms with Crippen LogP contribution in [0.3, 0.4) is 0 Å². The zero-order valence-electron chi connectivity index (χ0n) is 14.5. The zero-order chi connectivity index (χ0) is 15.3. The van der Waals surface area contributed by atoms with Crippen molar-refractivity contribution in [2.75, 3.05) is 52.5 Å². The van der Waals surface area contributed by atoms with Crippen LogP contribution in [0.5, 0.6) is 0 Å². The van der Waals surface area contributed by atoms with Gasteiger partial charge in [-0.15, -0.1) is 0 Å². The molecule has 0 radical (unpaired) electrons. The summed E-state index contributed by atoms with van der Waals surface area (Å²) in [6.07, 6.45) is 2.57. The summed E-state index contributed by atoms with van der Waals surface area (Å²) in [5, 5.41) is 3.63. The van der Waals surface area contributed by atoms with Crippen LogP contribution in [-0.4, -0.2) is 74.4 Å². The van der Waals surface area contributed by atoms with Crippen LogP contribution in [0.2, 0.25) is 0 Å². The minimum Gasteiger partial charge on any atom is -0.379 e. The Morgan fingerprint density at radius 3 is 2.57 bits per heavy atom. The second-order valence-corrected chi connectivity index (χ2v) is 7.53. The van der Waals surface area contributed by atoms with E-state index < -0.39 is 0 Å². The SMILES string of the molecule is CCC(C)(CNC(C)C)CN1CCC(N2CCOCC2)C1.